The Balaban J connectivity index is 2.02. The Hall–Kier alpha value is -1.39. The van der Waals surface area contributed by atoms with Crippen LogP contribution in [0, 0.1) is 0 Å². The van der Waals surface area contributed by atoms with Crippen LogP contribution in [0.4, 0.5) is 0 Å². The molecule has 0 N–H and O–H groups in total. The van der Waals surface area contributed by atoms with Crippen molar-refractivity contribution < 1.29 is 14.3 Å². The summed E-state index contributed by atoms with van der Waals surface area (Å²) in [6.45, 7) is 1.90. The van der Waals surface area contributed by atoms with Gasteiger partial charge in [0, 0.05) is 12.6 Å². The predicted molar refractivity (Wildman–Crippen MR) is 69.2 cm³/mol. The zero-order valence-electron chi connectivity index (χ0n) is 10.9. The topological polar surface area (TPSA) is 38.8 Å². The first-order valence-electron chi connectivity index (χ1n) is 6.16. The third kappa shape index (κ3) is 2.89. The average Bonchev–Trinajstić information content (AvgIpc) is 2.92. The molecular weight excluding hydrogens is 230 g/mol. The van der Waals surface area contributed by atoms with Gasteiger partial charge < -0.3 is 9.47 Å². The van der Waals surface area contributed by atoms with Crippen LogP contribution in [0.1, 0.15) is 16.8 Å². The number of carbonyl (C=O) groups is 1. The second-order valence-corrected chi connectivity index (χ2v) is 4.56. The summed E-state index contributed by atoms with van der Waals surface area (Å²) >= 11 is 0. The molecule has 0 aromatic heterocycles. The lowest BCUT2D eigenvalue weighted by Gasteiger charge is -2.22. The fourth-order valence-electron chi connectivity index (χ4n) is 2.19. The van der Waals surface area contributed by atoms with Gasteiger partial charge in [0.05, 0.1) is 25.8 Å². The summed E-state index contributed by atoms with van der Waals surface area (Å²) in [7, 11) is 3.55. The van der Waals surface area contributed by atoms with Gasteiger partial charge in [0.1, 0.15) is 5.75 Å². The van der Waals surface area contributed by atoms with Crippen LogP contribution < -0.4 is 4.74 Å². The first-order chi connectivity index (χ1) is 8.72. The highest BCUT2D eigenvalue weighted by molar-refractivity contribution is 6.00. The number of para-hydroxylation sites is 1. The highest BCUT2D eigenvalue weighted by Gasteiger charge is 2.23. The molecule has 1 aliphatic heterocycles. The quantitative estimate of drug-likeness (QED) is 0.743. The molecule has 0 amide bonds. The van der Waals surface area contributed by atoms with Crippen molar-refractivity contribution in [3.63, 3.8) is 0 Å². The molecular formula is C14H19NO3. The Morgan fingerprint density at radius 2 is 2.28 bits per heavy atom. The molecule has 1 unspecified atom stereocenters. The van der Waals surface area contributed by atoms with Gasteiger partial charge in [0.25, 0.3) is 0 Å². The molecule has 18 heavy (non-hydrogen) atoms. The number of rotatable bonds is 5. The maximum absolute atomic E-state index is 12.2. The van der Waals surface area contributed by atoms with E-state index in [1.54, 1.807) is 13.2 Å². The highest BCUT2D eigenvalue weighted by atomic mass is 16.5. The number of ether oxygens (including phenoxy) is 2. The van der Waals surface area contributed by atoms with Crippen LogP contribution in [0.15, 0.2) is 24.3 Å². The molecule has 1 saturated heterocycles. The molecule has 1 heterocycles. The zero-order valence-corrected chi connectivity index (χ0v) is 10.9. The number of ketones is 1. The highest BCUT2D eigenvalue weighted by Crippen LogP contribution is 2.19. The SMILES string of the molecule is COc1ccccc1C(=O)CN(C)C1CCOC1. The van der Waals surface area contributed by atoms with Gasteiger partial charge in [-0.05, 0) is 25.6 Å². The molecule has 0 spiro atoms. The lowest BCUT2D eigenvalue weighted by molar-refractivity contribution is 0.0904. The van der Waals surface area contributed by atoms with Crippen LogP contribution in [0.3, 0.4) is 0 Å². The first kappa shape index (κ1) is 13.1. The minimum atomic E-state index is 0.0850. The van der Waals surface area contributed by atoms with Crippen molar-refractivity contribution in [1.29, 1.82) is 0 Å². The molecule has 0 radical (unpaired) electrons. The molecule has 1 aromatic carbocycles. The summed E-state index contributed by atoms with van der Waals surface area (Å²) in [5.74, 6) is 0.723. The number of carbonyl (C=O) groups excluding carboxylic acids is 1. The van der Waals surface area contributed by atoms with Crippen molar-refractivity contribution in [2.75, 3.05) is 33.9 Å². The van der Waals surface area contributed by atoms with Crippen molar-refractivity contribution >= 4 is 5.78 Å². The average molecular weight is 249 g/mol. The molecule has 1 aliphatic rings. The summed E-state index contributed by atoms with van der Waals surface area (Å²) in [5.41, 5.74) is 0.644. The van der Waals surface area contributed by atoms with Gasteiger partial charge in [0.2, 0.25) is 0 Å². The van der Waals surface area contributed by atoms with Crippen LogP contribution in [0.25, 0.3) is 0 Å². The molecule has 1 fully saturated rings. The smallest absolute Gasteiger partial charge is 0.180 e. The second-order valence-electron chi connectivity index (χ2n) is 4.56. The Labute approximate surface area is 107 Å². The van der Waals surface area contributed by atoms with E-state index in [9.17, 15) is 4.79 Å². The summed E-state index contributed by atoms with van der Waals surface area (Å²) in [6.07, 6.45) is 0.996. The minimum absolute atomic E-state index is 0.0850. The zero-order chi connectivity index (χ0) is 13.0. The number of methoxy groups -OCH3 is 1. The second kappa shape index (κ2) is 5.98. The first-order valence-corrected chi connectivity index (χ1v) is 6.16. The number of hydrogen-bond acceptors (Lipinski definition) is 4. The monoisotopic (exact) mass is 249 g/mol. The van der Waals surface area contributed by atoms with Crippen LogP contribution in [-0.4, -0.2) is 50.6 Å². The van der Waals surface area contributed by atoms with E-state index in [-0.39, 0.29) is 5.78 Å². The largest absolute Gasteiger partial charge is 0.496 e. The molecule has 0 aliphatic carbocycles. The molecule has 98 valence electrons. The number of likely N-dealkylation sites (N-methyl/N-ethyl adjacent to an activating group) is 1. The van der Waals surface area contributed by atoms with E-state index in [1.165, 1.54) is 0 Å². The third-order valence-electron chi connectivity index (χ3n) is 3.33. The van der Waals surface area contributed by atoms with Crippen LogP contribution in [0.2, 0.25) is 0 Å². The lowest BCUT2D eigenvalue weighted by atomic mass is 10.1. The normalized spacial score (nSPS) is 19.2. The maximum atomic E-state index is 12.2. The Kier molecular flexibility index (Phi) is 4.33. The summed E-state index contributed by atoms with van der Waals surface area (Å²) in [6, 6.07) is 7.69. The van der Waals surface area contributed by atoms with Crippen molar-refractivity contribution in [3.8, 4) is 5.75 Å². The van der Waals surface area contributed by atoms with E-state index >= 15 is 0 Å². The fraction of sp³-hybridized carbons (Fsp3) is 0.500. The van der Waals surface area contributed by atoms with E-state index in [0.29, 0.717) is 23.9 Å². The standard InChI is InChI=1S/C14H19NO3/c1-15(11-7-8-18-10-11)9-13(16)12-5-3-4-6-14(12)17-2/h3-6,11H,7-10H2,1-2H3. The predicted octanol–water partition coefficient (Wildman–Crippen LogP) is 1.60. The Bertz CT molecular complexity index is 413. The van der Waals surface area contributed by atoms with Gasteiger partial charge in [-0.15, -0.1) is 0 Å². The molecule has 2 rings (SSSR count). The van der Waals surface area contributed by atoms with Gasteiger partial charge in [0.15, 0.2) is 5.78 Å². The van der Waals surface area contributed by atoms with E-state index in [1.807, 2.05) is 25.2 Å². The Morgan fingerprint density at radius 1 is 1.50 bits per heavy atom. The summed E-state index contributed by atoms with van der Waals surface area (Å²) < 4.78 is 10.5. The number of benzene rings is 1. The minimum Gasteiger partial charge on any atom is -0.496 e. The van der Waals surface area contributed by atoms with E-state index < -0.39 is 0 Å². The molecule has 4 nitrogen and oxygen atoms in total. The molecule has 0 saturated carbocycles. The van der Waals surface area contributed by atoms with Gasteiger partial charge >= 0.3 is 0 Å². The van der Waals surface area contributed by atoms with Crippen LogP contribution >= 0.6 is 0 Å². The Morgan fingerprint density at radius 3 is 2.94 bits per heavy atom. The van der Waals surface area contributed by atoms with Crippen molar-refractivity contribution in [2.45, 2.75) is 12.5 Å². The molecule has 4 heteroatoms. The lowest BCUT2D eigenvalue weighted by Crippen LogP contribution is -2.36. The molecule has 0 bridgehead atoms. The number of hydrogen-bond donors (Lipinski definition) is 0. The van der Waals surface area contributed by atoms with Gasteiger partial charge in [-0.3, -0.25) is 9.69 Å². The summed E-state index contributed by atoms with van der Waals surface area (Å²) in [4.78, 5) is 14.3. The van der Waals surface area contributed by atoms with Crippen LogP contribution in [-0.2, 0) is 4.74 Å². The fourth-order valence-corrected chi connectivity index (χ4v) is 2.19. The van der Waals surface area contributed by atoms with Gasteiger partial charge in [-0.25, -0.2) is 0 Å². The molecule has 1 atom stereocenters. The molecule has 1 aromatic rings. The van der Waals surface area contributed by atoms with Crippen molar-refractivity contribution in [2.24, 2.45) is 0 Å². The van der Waals surface area contributed by atoms with Crippen LogP contribution in [0.5, 0.6) is 5.75 Å². The summed E-state index contributed by atoms with van der Waals surface area (Å²) in [5, 5.41) is 0. The van der Waals surface area contributed by atoms with Gasteiger partial charge in [-0.2, -0.15) is 0 Å². The van der Waals surface area contributed by atoms with E-state index in [2.05, 4.69) is 4.90 Å². The van der Waals surface area contributed by atoms with E-state index in [4.69, 9.17) is 9.47 Å². The maximum Gasteiger partial charge on any atom is 0.180 e. The van der Waals surface area contributed by atoms with Crippen molar-refractivity contribution in [3.05, 3.63) is 29.8 Å². The third-order valence-corrected chi connectivity index (χ3v) is 3.33. The van der Waals surface area contributed by atoms with E-state index in [0.717, 1.165) is 19.6 Å². The van der Waals surface area contributed by atoms with Gasteiger partial charge in [-0.1, -0.05) is 12.1 Å². The van der Waals surface area contributed by atoms with Crippen molar-refractivity contribution in [1.82, 2.24) is 4.90 Å². The number of Topliss-reactive ketones (excluding diaryl/α,β-unsaturated/α-hetero) is 1. The number of nitrogens with zero attached hydrogens (tertiary/aromatic N) is 1.